The van der Waals surface area contributed by atoms with Gasteiger partial charge in [0.25, 0.3) is 5.91 Å². The molecule has 0 radical (unpaired) electrons. The monoisotopic (exact) mass is 513 g/mol. The quantitative estimate of drug-likeness (QED) is 0.369. The number of imidazole rings is 1. The summed E-state index contributed by atoms with van der Waals surface area (Å²) in [6.07, 6.45) is 0. The molecule has 6 rings (SSSR count). The highest BCUT2D eigenvalue weighted by molar-refractivity contribution is 6.18. The summed E-state index contributed by atoms with van der Waals surface area (Å²) in [4.78, 5) is 27.3. The second kappa shape index (κ2) is 9.20. The van der Waals surface area contributed by atoms with E-state index in [0.29, 0.717) is 54.8 Å². The van der Waals surface area contributed by atoms with Crippen molar-refractivity contribution in [1.29, 1.82) is 0 Å². The number of benzene rings is 2. The number of aromatic nitrogens is 4. The molecule has 4 heterocycles. The number of guanidine groups is 1. The predicted molar refractivity (Wildman–Crippen MR) is 141 cm³/mol. The number of fused-ring (bicyclic) bond motifs is 3. The Morgan fingerprint density at radius 2 is 1.76 bits per heavy atom. The van der Waals surface area contributed by atoms with Crippen molar-refractivity contribution < 1.29 is 13.6 Å². The number of halogens is 1. The Kier molecular flexibility index (Phi) is 5.81. The molecule has 0 unspecified atom stereocenters. The average Bonchev–Trinajstić information content (AvgIpc) is 3.63. The topological polar surface area (TPSA) is 92.7 Å². The fraction of sp³-hybridized carbons (Fsp3) is 0.321. The summed E-state index contributed by atoms with van der Waals surface area (Å²) in [5.74, 6) is 2.82. The van der Waals surface area contributed by atoms with Gasteiger partial charge in [0.05, 0.1) is 19.1 Å². The summed E-state index contributed by atoms with van der Waals surface area (Å²) < 4.78 is 21.3. The number of anilines is 1. The summed E-state index contributed by atoms with van der Waals surface area (Å²) in [6.45, 7) is 9.54. The van der Waals surface area contributed by atoms with Crippen LogP contribution in [0.5, 0.6) is 0 Å². The van der Waals surface area contributed by atoms with Crippen LogP contribution in [0.3, 0.4) is 0 Å². The smallest absolute Gasteiger partial charge is 0.283 e. The van der Waals surface area contributed by atoms with Crippen molar-refractivity contribution in [1.82, 2.24) is 24.6 Å². The molecule has 0 bridgehead atoms. The second-order valence-corrected chi connectivity index (χ2v) is 9.92. The molecule has 2 aliphatic heterocycles. The Balaban J connectivity index is 1.49. The molecule has 10 heteroatoms. The van der Waals surface area contributed by atoms with Crippen molar-refractivity contribution in [3.8, 4) is 22.8 Å². The van der Waals surface area contributed by atoms with Gasteiger partial charge in [-0.2, -0.15) is 0 Å². The number of carbonyl (C=O) groups excluding carboxylic acids is 1. The average molecular weight is 514 g/mol. The number of rotatable bonds is 6. The highest BCUT2D eigenvalue weighted by Crippen LogP contribution is 2.38. The molecule has 0 saturated carbocycles. The van der Waals surface area contributed by atoms with E-state index in [1.54, 1.807) is 24.0 Å². The summed E-state index contributed by atoms with van der Waals surface area (Å²) >= 11 is 0. The third-order valence-corrected chi connectivity index (χ3v) is 7.03. The van der Waals surface area contributed by atoms with Gasteiger partial charge in [0.2, 0.25) is 17.7 Å². The van der Waals surface area contributed by atoms with E-state index < -0.39 is 0 Å². The van der Waals surface area contributed by atoms with E-state index in [2.05, 4.69) is 28.9 Å². The van der Waals surface area contributed by atoms with Crippen molar-refractivity contribution >= 4 is 17.7 Å². The molecule has 0 fully saturated rings. The zero-order valence-electron chi connectivity index (χ0n) is 21.7. The molecule has 0 saturated heterocycles. The van der Waals surface area contributed by atoms with E-state index >= 15 is 0 Å². The molecule has 0 spiro atoms. The molecule has 38 heavy (non-hydrogen) atoms. The Bertz CT molecular complexity index is 1540. The van der Waals surface area contributed by atoms with E-state index in [1.165, 1.54) is 12.1 Å². The van der Waals surface area contributed by atoms with Crippen molar-refractivity contribution in [3.05, 3.63) is 71.5 Å². The van der Waals surface area contributed by atoms with Crippen LogP contribution in [-0.4, -0.2) is 55.6 Å². The van der Waals surface area contributed by atoms with Gasteiger partial charge < -0.3 is 8.98 Å². The number of aryl methyl sites for hydroxylation is 1. The maximum Gasteiger partial charge on any atom is 0.283 e. The van der Waals surface area contributed by atoms with E-state index in [-0.39, 0.29) is 17.8 Å². The number of nitrogens with zero attached hydrogens (tertiary/aromatic N) is 7. The van der Waals surface area contributed by atoms with Crippen molar-refractivity contribution in [2.75, 3.05) is 18.0 Å². The first-order chi connectivity index (χ1) is 18.3. The summed E-state index contributed by atoms with van der Waals surface area (Å²) in [6, 6.07) is 14.1. The van der Waals surface area contributed by atoms with Gasteiger partial charge in [-0.25, -0.2) is 14.4 Å². The minimum atomic E-state index is -0.295. The minimum Gasteiger partial charge on any atom is -0.421 e. The lowest BCUT2D eigenvalue weighted by Crippen LogP contribution is -2.50. The van der Waals surface area contributed by atoms with Gasteiger partial charge in [0.1, 0.15) is 17.5 Å². The Morgan fingerprint density at radius 3 is 2.39 bits per heavy atom. The van der Waals surface area contributed by atoms with Crippen LogP contribution in [0.25, 0.3) is 22.8 Å². The van der Waals surface area contributed by atoms with E-state index in [9.17, 15) is 9.18 Å². The van der Waals surface area contributed by atoms with Gasteiger partial charge in [-0.3, -0.25) is 14.6 Å². The lowest BCUT2D eigenvalue weighted by molar-refractivity contribution is 0.0841. The zero-order chi connectivity index (χ0) is 26.6. The van der Waals surface area contributed by atoms with Gasteiger partial charge >= 0.3 is 0 Å². The Morgan fingerprint density at radius 1 is 1.05 bits per heavy atom. The number of hydrogen-bond acceptors (Lipinski definition) is 7. The van der Waals surface area contributed by atoms with Gasteiger partial charge in [0, 0.05) is 24.6 Å². The lowest BCUT2D eigenvalue weighted by Gasteiger charge is -2.33. The van der Waals surface area contributed by atoms with E-state index in [4.69, 9.17) is 14.4 Å². The van der Waals surface area contributed by atoms with Crippen molar-refractivity contribution in [2.45, 2.75) is 40.3 Å². The highest BCUT2D eigenvalue weighted by atomic mass is 19.1. The standard InChI is InChI=1S/C28H28FN7O2/c1-5-34-27(37)23-26(36-15-22(16(2)3)30-28(34)36)35(14-18-6-12-21(29)13-7-18)24(31-23)19-8-10-20(11-9-19)25-33-32-17(4)38-25/h6-13,16,22H,5,14-15H2,1-4H3/t22-/m0/s1. The van der Waals surface area contributed by atoms with Crippen LogP contribution in [0.2, 0.25) is 0 Å². The molecule has 0 aliphatic carbocycles. The molecule has 9 nitrogen and oxygen atoms in total. The van der Waals surface area contributed by atoms with Crippen molar-refractivity contribution in [2.24, 2.45) is 10.9 Å². The van der Waals surface area contributed by atoms with Crippen LogP contribution in [0.4, 0.5) is 10.2 Å². The number of amides is 1. The fourth-order valence-electron chi connectivity index (χ4n) is 4.97. The van der Waals surface area contributed by atoms with Crippen LogP contribution in [0, 0.1) is 18.7 Å². The SMILES string of the molecule is CCN1C(=O)c2nc(-c3ccc(-c4nnc(C)o4)cc3)n(Cc3ccc(F)cc3)c2N2C[C@@H](C(C)C)N=C12. The lowest BCUT2D eigenvalue weighted by atomic mass is 10.1. The number of hydrogen-bond donors (Lipinski definition) is 0. The summed E-state index contributed by atoms with van der Waals surface area (Å²) in [5.41, 5.74) is 2.91. The highest BCUT2D eigenvalue weighted by Gasteiger charge is 2.44. The number of aliphatic imine (C=N–C) groups is 1. The van der Waals surface area contributed by atoms with Crippen LogP contribution in [0.15, 0.2) is 57.9 Å². The van der Waals surface area contributed by atoms with Crippen molar-refractivity contribution in [3.63, 3.8) is 0 Å². The van der Waals surface area contributed by atoms with Gasteiger partial charge in [-0.1, -0.05) is 38.1 Å². The molecule has 0 N–H and O–H groups in total. The fourth-order valence-corrected chi connectivity index (χ4v) is 4.97. The van der Waals surface area contributed by atoms with Crippen LogP contribution in [0.1, 0.15) is 42.7 Å². The second-order valence-electron chi connectivity index (χ2n) is 9.92. The third kappa shape index (κ3) is 3.96. The zero-order valence-corrected chi connectivity index (χ0v) is 21.7. The first-order valence-corrected chi connectivity index (χ1v) is 12.8. The first kappa shape index (κ1) is 24.0. The molecule has 1 atom stereocenters. The van der Waals surface area contributed by atoms with Gasteiger partial charge in [-0.05, 0) is 42.7 Å². The van der Waals surface area contributed by atoms with Crippen LogP contribution in [-0.2, 0) is 6.54 Å². The summed E-state index contributed by atoms with van der Waals surface area (Å²) in [5, 5.41) is 8.01. The maximum absolute atomic E-state index is 13.7. The predicted octanol–water partition coefficient (Wildman–Crippen LogP) is 4.77. The van der Waals surface area contributed by atoms with E-state index in [0.717, 1.165) is 22.5 Å². The molecule has 1 amide bonds. The van der Waals surface area contributed by atoms with Crippen LogP contribution < -0.4 is 4.90 Å². The molecule has 194 valence electrons. The molecular formula is C28H28FN7O2. The number of carbonyl (C=O) groups is 1. The molecular weight excluding hydrogens is 485 g/mol. The van der Waals surface area contributed by atoms with Gasteiger partial charge in [-0.15, -0.1) is 10.2 Å². The maximum atomic E-state index is 13.7. The Labute approximate surface area is 219 Å². The normalized spacial score (nSPS) is 16.7. The molecule has 2 aromatic carbocycles. The largest absolute Gasteiger partial charge is 0.421 e. The molecule has 2 aliphatic rings. The van der Waals surface area contributed by atoms with Gasteiger partial charge in [0.15, 0.2) is 5.69 Å². The minimum absolute atomic E-state index is 0.0626. The third-order valence-electron chi connectivity index (χ3n) is 7.03. The van der Waals surface area contributed by atoms with Crippen LogP contribution >= 0.6 is 0 Å². The first-order valence-electron chi connectivity index (χ1n) is 12.8. The summed E-state index contributed by atoms with van der Waals surface area (Å²) in [7, 11) is 0. The van der Waals surface area contributed by atoms with E-state index in [1.807, 2.05) is 35.8 Å². The Hall–Kier alpha value is -4.34. The molecule has 4 aromatic rings. The molecule has 2 aromatic heterocycles.